The fourth-order valence-corrected chi connectivity index (χ4v) is 3.12. The predicted octanol–water partition coefficient (Wildman–Crippen LogP) is 3.67. The Morgan fingerprint density at radius 1 is 1.30 bits per heavy atom. The number of nitrogens with one attached hydrogen (secondary N) is 2. The van der Waals surface area contributed by atoms with Crippen LogP contribution in [-0.4, -0.2) is 27.5 Å². The van der Waals surface area contributed by atoms with Gasteiger partial charge in [-0.3, -0.25) is 20.3 Å². The lowest BCUT2D eigenvalue weighted by molar-refractivity contribution is -0.384. The number of hydrogen-bond donors (Lipinski definition) is 2. The minimum absolute atomic E-state index is 0.0363. The lowest BCUT2D eigenvalue weighted by Gasteiger charge is -2.15. The fourth-order valence-electron chi connectivity index (χ4n) is 2.34. The zero-order valence-corrected chi connectivity index (χ0v) is 15.3. The van der Waals surface area contributed by atoms with Crippen LogP contribution in [0.5, 0.6) is 0 Å². The Bertz CT molecular complexity index is 925. The monoisotopic (exact) mass is 383 g/mol. The van der Waals surface area contributed by atoms with Crippen molar-refractivity contribution in [1.82, 2.24) is 5.43 Å². The molecule has 8 nitrogen and oxygen atoms in total. The number of hydrazone groups is 1. The molecule has 0 aliphatic carbocycles. The van der Waals surface area contributed by atoms with Crippen molar-refractivity contribution in [3.63, 3.8) is 0 Å². The highest BCUT2D eigenvalue weighted by atomic mass is 32.2. The zero-order chi connectivity index (χ0) is 19.2. The second-order valence-electron chi connectivity index (χ2n) is 5.60. The summed E-state index contributed by atoms with van der Waals surface area (Å²) >= 11 is 1.42. The third-order valence-corrected chi connectivity index (χ3v) is 4.63. The maximum absolute atomic E-state index is 11.4. The molecule has 1 aliphatic rings. The van der Waals surface area contributed by atoms with E-state index in [1.54, 1.807) is 25.1 Å². The SMILES string of the molecule is CCC(=O)Nc1ccc(C2=NNC(=Nc3ccccc3[N+](=O)[O-])SC2)cc1. The van der Waals surface area contributed by atoms with Crippen LogP contribution < -0.4 is 10.7 Å². The van der Waals surface area contributed by atoms with Crippen molar-refractivity contribution in [2.45, 2.75) is 13.3 Å². The van der Waals surface area contributed by atoms with Crippen LogP contribution in [0, 0.1) is 10.1 Å². The molecule has 0 bridgehead atoms. The molecular weight excluding hydrogens is 366 g/mol. The molecule has 0 saturated heterocycles. The standard InChI is InChI=1S/C18H17N5O3S/c1-2-17(24)19-13-9-7-12(8-10-13)15-11-27-18(22-21-15)20-14-5-3-4-6-16(14)23(25)26/h3-10H,2,11H2,1H3,(H,19,24)(H,20,22). The zero-order valence-electron chi connectivity index (χ0n) is 14.5. The number of benzene rings is 2. The molecule has 0 aromatic heterocycles. The average molecular weight is 383 g/mol. The normalized spacial score (nSPS) is 15.0. The highest BCUT2D eigenvalue weighted by Gasteiger charge is 2.16. The van der Waals surface area contributed by atoms with E-state index in [0.29, 0.717) is 17.3 Å². The lowest BCUT2D eigenvalue weighted by atomic mass is 10.1. The van der Waals surface area contributed by atoms with Gasteiger partial charge in [0.05, 0.1) is 10.6 Å². The molecule has 3 rings (SSSR count). The van der Waals surface area contributed by atoms with Crippen LogP contribution in [0.3, 0.4) is 0 Å². The van der Waals surface area contributed by atoms with Gasteiger partial charge in [-0.1, -0.05) is 43.0 Å². The second-order valence-corrected chi connectivity index (χ2v) is 6.56. The summed E-state index contributed by atoms with van der Waals surface area (Å²) in [5.41, 5.74) is 5.57. The summed E-state index contributed by atoms with van der Waals surface area (Å²) in [5, 5.41) is 18.7. The van der Waals surface area contributed by atoms with E-state index in [1.807, 2.05) is 24.3 Å². The number of carbonyl (C=O) groups excluding carboxylic acids is 1. The van der Waals surface area contributed by atoms with Gasteiger partial charge in [-0.25, -0.2) is 4.99 Å². The highest BCUT2D eigenvalue weighted by molar-refractivity contribution is 8.14. The first-order valence-corrected chi connectivity index (χ1v) is 9.23. The number of thioether (sulfide) groups is 1. The van der Waals surface area contributed by atoms with Crippen molar-refractivity contribution in [2.24, 2.45) is 10.1 Å². The number of amidine groups is 1. The van der Waals surface area contributed by atoms with Crippen molar-refractivity contribution < 1.29 is 9.72 Å². The van der Waals surface area contributed by atoms with Crippen LogP contribution in [-0.2, 0) is 4.79 Å². The number of rotatable bonds is 5. The molecule has 2 N–H and O–H groups in total. The third kappa shape index (κ3) is 4.70. The van der Waals surface area contributed by atoms with Crippen LogP contribution in [0.4, 0.5) is 17.1 Å². The van der Waals surface area contributed by atoms with E-state index < -0.39 is 4.92 Å². The highest BCUT2D eigenvalue weighted by Crippen LogP contribution is 2.28. The Kier molecular flexibility index (Phi) is 5.82. The number of anilines is 1. The van der Waals surface area contributed by atoms with E-state index in [4.69, 9.17) is 0 Å². The van der Waals surface area contributed by atoms with Crippen molar-refractivity contribution in [1.29, 1.82) is 0 Å². The third-order valence-electron chi connectivity index (χ3n) is 3.76. The number of aliphatic imine (C=N–C) groups is 1. The number of carbonyl (C=O) groups is 1. The smallest absolute Gasteiger partial charge is 0.294 e. The fraction of sp³-hybridized carbons (Fsp3) is 0.167. The molecule has 0 unspecified atom stereocenters. The molecule has 1 heterocycles. The summed E-state index contributed by atoms with van der Waals surface area (Å²) in [6.45, 7) is 1.80. The molecule has 0 atom stereocenters. The van der Waals surface area contributed by atoms with Crippen molar-refractivity contribution in [3.05, 3.63) is 64.2 Å². The van der Waals surface area contributed by atoms with Gasteiger partial charge in [0, 0.05) is 23.9 Å². The van der Waals surface area contributed by atoms with Crippen molar-refractivity contribution in [2.75, 3.05) is 11.1 Å². The van der Waals surface area contributed by atoms with Crippen molar-refractivity contribution >= 4 is 45.6 Å². The Hall–Kier alpha value is -3.20. The molecule has 0 spiro atoms. The van der Waals surface area contributed by atoms with Gasteiger partial charge in [-0.05, 0) is 23.8 Å². The minimum Gasteiger partial charge on any atom is -0.326 e. The molecule has 0 fully saturated rings. The first kappa shape index (κ1) is 18.6. The van der Waals surface area contributed by atoms with Crippen molar-refractivity contribution in [3.8, 4) is 0 Å². The largest absolute Gasteiger partial charge is 0.326 e. The van der Waals surface area contributed by atoms with E-state index in [-0.39, 0.29) is 17.3 Å². The van der Waals surface area contributed by atoms with Gasteiger partial charge in [0.25, 0.3) is 5.69 Å². The lowest BCUT2D eigenvalue weighted by Crippen LogP contribution is -2.25. The number of amides is 1. The second kappa shape index (κ2) is 8.45. The Labute approximate surface area is 159 Å². The van der Waals surface area contributed by atoms with E-state index in [2.05, 4.69) is 20.8 Å². The number of nitro benzene ring substituents is 1. The van der Waals surface area contributed by atoms with Crippen LogP contribution >= 0.6 is 11.8 Å². The first-order valence-electron chi connectivity index (χ1n) is 8.24. The Morgan fingerprint density at radius 3 is 2.67 bits per heavy atom. The molecule has 9 heteroatoms. The Morgan fingerprint density at radius 2 is 2.04 bits per heavy atom. The van der Waals surface area contributed by atoms with Gasteiger partial charge in [0.2, 0.25) is 5.91 Å². The van der Waals surface area contributed by atoms with Crippen LogP contribution in [0.25, 0.3) is 0 Å². The molecule has 0 saturated carbocycles. The number of nitrogens with zero attached hydrogens (tertiary/aromatic N) is 3. The quantitative estimate of drug-likeness (QED) is 0.605. The summed E-state index contributed by atoms with van der Waals surface area (Å²) in [5.74, 6) is 0.540. The summed E-state index contributed by atoms with van der Waals surface area (Å²) in [4.78, 5) is 26.3. The van der Waals surface area contributed by atoms with E-state index >= 15 is 0 Å². The maximum atomic E-state index is 11.4. The van der Waals surface area contributed by atoms with E-state index in [1.165, 1.54) is 17.8 Å². The van der Waals surface area contributed by atoms with Crippen LogP contribution in [0.1, 0.15) is 18.9 Å². The van der Waals surface area contributed by atoms with Gasteiger partial charge >= 0.3 is 0 Å². The van der Waals surface area contributed by atoms with Gasteiger partial charge in [-0.2, -0.15) is 5.10 Å². The Balaban J connectivity index is 1.72. The average Bonchev–Trinajstić information content (AvgIpc) is 2.69. The molecule has 27 heavy (non-hydrogen) atoms. The molecule has 1 aliphatic heterocycles. The molecule has 2 aromatic rings. The van der Waals surface area contributed by atoms with Crippen LogP contribution in [0.15, 0.2) is 58.6 Å². The molecule has 0 radical (unpaired) electrons. The minimum atomic E-state index is -0.458. The summed E-state index contributed by atoms with van der Waals surface area (Å²) in [6, 6.07) is 13.7. The molecular formula is C18H17N5O3S. The maximum Gasteiger partial charge on any atom is 0.294 e. The van der Waals surface area contributed by atoms with E-state index in [0.717, 1.165) is 17.0 Å². The van der Waals surface area contributed by atoms with Gasteiger partial charge < -0.3 is 5.32 Å². The predicted molar refractivity (Wildman–Crippen MR) is 108 cm³/mol. The van der Waals surface area contributed by atoms with E-state index in [9.17, 15) is 14.9 Å². The van der Waals surface area contributed by atoms with Gasteiger partial charge in [0.1, 0.15) is 5.69 Å². The first-order chi connectivity index (χ1) is 13.1. The summed E-state index contributed by atoms with van der Waals surface area (Å²) in [7, 11) is 0. The molecule has 138 valence electrons. The number of para-hydroxylation sites is 2. The van der Waals surface area contributed by atoms with Crippen LogP contribution in [0.2, 0.25) is 0 Å². The summed E-state index contributed by atoms with van der Waals surface area (Å²) < 4.78 is 0. The molecule has 2 aromatic carbocycles. The van der Waals surface area contributed by atoms with Gasteiger partial charge in [0.15, 0.2) is 5.17 Å². The van der Waals surface area contributed by atoms with Gasteiger partial charge in [-0.15, -0.1) is 0 Å². The number of hydrogen-bond acceptors (Lipinski definition) is 6. The number of nitro groups is 1. The topological polar surface area (TPSA) is 109 Å². The summed E-state index contributed by atoms with van der Waals surface area (Å²) in [6.07, 6.45) is 0.427. The molecule has 1 amide bonds.